The highest BCUT2D eigenvalue weighted by Gasteiger charge is 2.17. The maximum Gasteiger partial charge on any atom is 0.261 e. The molecule has 134 valence electrons. The highest BCUT2D eigenvalue weighted by atomic mass is 79.9. The van der Waals surface area contributed by atoms with E-state index in [1.807, 2.05) is 6.92 Å². The highest BCUT2D eigenvalue weighted by molar-refractivity contribution is 9.10. The molecule has 2 aromatic carbocycles. The summed E-state index contributed by atoms with van der Waals surface area (Å²) in [5.74, 6) is 0.366. The average Bonchev–Trinajstić information content (AvgIpc) is 2.56. The zero-order valence-electron chi connectivity index (χ0n) is 14.1. The van der Waals surface area contributed by atoms with Crippen LogP contribution in [-0.4, -0.2) is 39.9 Å². The van der Waals surface area contributed by atoms with E-state index in [4.69, 9.17) is 4.74 Å². The molecular weight excluding hydrogens is 408 g/mol. The number of amides is 1. The van der Waals surface area contributed by atoms with E-state index in [0.717, 1.165) is 0 Å². The van der Waals surface area contributed by atoms with Crippen LogP contribution in [-0.2, 0) is 10.0 Å². The molecule has 0 atom stereocenters. The molecule has 0 saturated carbocycles. The summed E-state index contributed by atoms with van der Waals surface area (Å²) in [7, 11) is -0.599. The molecule has 0 aliphatic heterocycles. The van der Waals surface area contributed by atoms with Gasteiger partial charge in [0.2, 0.25) is 0 Å². The molecule has 0 aliphatic carbocycles. The van der Waals surface area contributed by atoms with Gasteiger partial charge in [0.1, 0.15) is 5.75 Å². The lowest BCUT2D eigenvalue weighted by atomic mass is 10.2. The van der Waals surface area contributed by atoms with E-state index < -0.39 is 10.0 Å². The van der Waals surface area contributed by atoms with Gasteiger partial charge in [0.15, 0.2) is 0 Å². The molecule has 25 heavy (non-hydrogen) atoms. The maximum atomic E-state index is 12.6. The fourth-order valence-electron chi connectivity index (χ4n) is 2.11. The Morgan fingerprint density at radius 1 is 1.20 bits per heavy atom. The van der Waals surface area contributed by atoms with Gasteiger partial charge in [0.05, 0.1) is 21.7 Å². The van der Waals surface area contributed by atoms with Gasteiger partial charge in [0, 0.05) is 19.7 Å². The van der Waals surface area contributed by atoms with Gasteiger partial charge in [-0.15, -0.1) is 0 Å². The Balaban J connectivity index is 2.29. The number of hydrogen-bond donors (Lipinski definition) is 1. The lowest BCUT2D eigenvalue weighted by Crippen LogP contribution is -2.22. The number of carbonyl (C=O) groups excluding carboxylic acids is 1. The summed E-state index contributed by atoms with van der Waals surface area (Å²) >= 11 is 3.35. The fraction of sp³-hybridized carbons (Fsp3) is 0.235. The number of hydrogen-bond acceptors (Lipinski definition) is 4. The van der Waals surface area contributed by atoms with Gasteiger partial charge in [-0.1, -0.05) is 6.07 Å². The number of nitrogens with zero attached hydrogens (tertiary/aromatic N) is 1. The summed E-state index contributed by atoms with van der Waals surface area (Å²) in [6, 6.07) is 10.8. The van der Waals surface area contributed by atoms with Crippen molar-refractivity contribution >= 4 is 37.5 Å². The van der Waals surface area contributed by atoms with Gasteiger partial charge < -0.3 is 9.64 Å². The standard InChI is InChI=1S/C17H19BrN2O4S/c1-4-24-16-9-8-13(11-15(16)18)19-25(22,23)14-7-5-6-12(10-14)17(21)20(2)3/h5-11,19H,4H2,1-3H3. The van der Waals surface area contributed by atoms with Gasteiger partial charge in [-0.25, -0.2) is 8.42 Å². The van der Waals surface area contributed by atoms with Crippen molar-refractivity contribution < 1.29 is 17.9 Å². The third-order valence-electron chi connectivity index (χ3n) is 3.28. The predicted octanol–water partition coefficient (Wildman–Crippen LogP) is 3.35. The van der Waals surface area contributed by atoms with E-state index in [2.05, 4.69) is 20.7 Å². The van der Waals surface area contributed by atoms with E-state index in [0.29, 0.717) is 28.1 Å². The first-order chi connectivity index (χ1) is 11.7. The first kappa shape index (κ1) is 19.3. The van der Waals surface area contributed by atoms with Gasteiger partial charge in [-0.2, -0.15) is 0 Å². The minimum atomic E-state index is -3.82. The molecule has 0 unspecified atom stereocenters. The monoisotopic (exact) mass is 426 g/mol. The van der Waals surface area contributed by atoms with Crippen LogP contribution in [0.15, 0.2) is 51.8 Å². The summed E-state index contributed by atoms with van der Waals surface area (Å²) in [6.07, 6.45) is 0. The van der Waals surface area contributed by atoms with Crippen molar-refractivity contribution in [3.63, 3.8) is 0 Å². The predicted molar refractivity (Wildman–Crippen MR) is 101 cm³/mol. The average molecular weight is 427 g/mol. The largest absolute Gasteiger partial charge is 0.493 e. The minimum absolute atomic E-state index is 0.0187. The SMILES string of the molecule is CCOc1ccc(NS(=O)(=O)c2cccc(C(=O)N(C)C)c2)cc1Br. The van der Waals surface area contributed by atoms with E-state index in [-0.39, 0.29) is 10.8 Å². The Morgan fingerprint density at radius 2 is 1.92 bits per heavy atom. The molecule has 0 aromatic heterocycles. The second kappa shape index (κ2) is 7.88. The van der Waals surface area contributed by atoms with Crippen LogP contribution in [0.4, 0.5) is 5.69 Å². The molecule has 0 radical (unpaired) electrons. The zero-order chi connectivity index (χ0) is 18.6. The number of ether oxygens (including phenoxy) is 1. The second-order valence-corrected chi connectivity index (χ2v) is 7.95. The zero-order valence-corrected chi connectivity index (χ0v) is 16.5. The number of rotatable bonds is 6. The number of anilines is 1. The molecule has 0 bridgehead atoms. The molecule has 2 aromatic rings. The number of nitrogens with one attached hydrogen (secondary N) is 1. The van der Waals surface area contributed by atoms with Gasteiger partial charge in [-0.05, 0) is 59.3 Å². The van der Waals surface area contributed by atoms with Gasteiger partial charge >= 0.3 is 0 Å². The number of benzene rings is 2. The Kier molecular flexibility index (Phi) is 6.07. The summed E-state index contributed by atoms with van der Waals surface area (Å²) < 4.78 is 33.7. The number of carbonyl (C=O) groups is 1. The first-order valence-corrected chi connectivity index (χ1v) is 9.79. The summed E-state index contributed by atoms with van der Waals surface area (Å²) in [6.45, 7) is 2.38. The topological polar surface area (TPSA) is 75.7 Å². The molecule has 1 N–H and O–H groups in total. The van der Waals surface area contributed by atoms with Gasteiger partial charge in [-0.3, -0.25) is 9.52 Å². The third kappa shape index (κ3) is 4.73. The molecular formula is C17H19BrN2O4S. The molecule has 6 nitrogen and oxygen atoms in total. The molecule has 0 spiro atoms. The van der Waals surface area contributed by atoms with Crippen LogP contribution in [0.25, 0.3) is 0 Å². The summed E-state index contributed by atoms with van der Waals surface area (Å²) in [5, 5.41) is 0. The molecule has 0 saturated heterocycles. The first-order valence-electron chi connectivity index (χ1n) is 7.51. The molecule has 0 fully saturated rings. The maximum absolute atomic E-state index is 12.6. The lowest BCUT2D eigenvalue weighted by molar-refractivity contribution is 0.0827. The van der Waals surface area contributed by atoms with E-state index >= 15 is 0 Å². The van der Waals surface area contributed by atoms with Crippen LogP contribution in [0, 0.1) is 0 Å². The Hall–Kier alpha value is -2.06. The minimum Gasteiger partial charge on any atom is -0.493 e. The normalized spacial score (nSPS) is 11.0. The van der Waals surface area contributed by atoms with Crippen molar-refractivity contribution in [1.82, 2.24) is 4.90 Å². The second-order valence-electron chi connectivity index (χ2n) is 5.41. The van der Waals surface area contributed by atoms with Crippen molar-refractivity contribution in [3.8, 4) is 5.75 Å². The van der Waals surface area contributed by atoms with Crippen molar-refractivity contribution in [2.75, 3.05) is 25.4 Å². The van der Waals surface area contributed by atoms with E-state index in [1.54, 1.807) is 44.4 Å². The van der Waals surface area contributed by atoms with Crippen LogP contribution in [0.2, 0.25) is 0 Å². The Labute approximate surface area is 156 Å². The number of halogens is 1. The smallest absolute Gasteiger partial charge is 0.261 e. The summed E-state index contributed by atoms with van der Waals surface area (Å²) in [5.41, 5.74) is 0.695. The van der Waals surface area contributed by atoms with Crippen molar-refractivity contribution in [3.05, 3.63) is 52.5 Å². The van der Waals surface area contributed by atoms with Crippen molar-refractivity contribution in [2.24, 2.45) is 0 Å². The van der Waals surface area contributed by atoms with E-state index in [1.165, 1.54) is 17.0 Å². The highest BCUT2D eigenvalue weighted by Crippen LogP contribution is 2.29. The lowest BCUT2D eigenvalue weighted by Gasteiger charge is -2.13. The van der Waals surface area contributed by atoms with Crippen molar-refractivity contribution in [2.45, 2.75) is 11.8 Å². The molecule has 1 amide bonds. The molecule has 0 heterocycles. The van der Waals surface area contributed by atoms with Crippen LogP contribution < -0.4 is 9.46 Å². The van der Waals surface area contributed by atoms with E-state index in [9.17, 15) is 13.2 Å². The third-order valence-corrected chi connectivity index (χ3v) is 5.28. The molecule has 0 aliphatic rings. The summed E-state index contributed by atoms with van der Waals surface area (Å²) in [4.78, 5) is 13.4. The Morgan fingerprint density at radius 3 is 2.52 bits per heavy atom. The van der Waals surface area contributed by atoms with Crippen LogP contribution >= 0.6 is 15.9 Å². The van der Waals surface area contributed by atoms with Crippen LogP contribution in [0.3, 0.4) is 0 Å². The molecule has 8 heteroatoms. The number of sulfonamides is 1. The van der Waals surface area contributed by atoms with Crippen LogP contribution in [0.1, 0.15) is 17.3 Å². The quantitative estimate of drug-likeness (QED) is 0.767. The Bertz CT molecular complexity index is 882. The van der Waals surface area contributed by atoms with Crippen LogP contribution in [0.5, 0.6) is 5.75 Å². The van der Waals surface area contributed by atoms with Crippen molar-refractivity contribution in [1.29, 1.82) is 0 Å². The molecule has 2 rings (SSSR count). The fourth-order valence-corrected chi connectivity index (χ4v) is 3.69. The van der Waals surface area contributed by atoms with Gasteiger partial charge in [0.25, 0.3) is 15.9 Å².